The number of hydrogen-bond acceptors (Lipinski definition) is 16. The van der Waals surface area contributed by atoms with Crippen molar-refractivity contribution >= 4 is 63.8 Å². The average Bonchev–Trinajstić information content (AvgIpc) is 3.15. The summed E-state index contributed by atoms with van der Waals surface area (Å²) in [5.41, 5.74) is 1.46. The number of aromatic hydroxyl groups is 1. The molecule has 0 spiro atoms. The average molecular weight is 1120 g/mol. The third-order valence-electron chi connectivity index (χ3n) is 16.0. The molecule has 4 amide bonds. The fraction of sp³-hybridized carbons (Fsp3) is 0.424. The highest BCUT2D eigenvalue weighted by molar-refractivity contribution is 6.04. The van der Waals surface area contributed by atoms with Crippen molar-refractivity contribution in [2.24, 2.45) is 0 Å². The second kappa shape index (κ2) is 23.4. The number of amides is 4. The van der Waals surface area contributed by atoms with Crippen LogP contribution in [-0.2, 0) is 14.3 Å². The van der Waals surface area contributed by atoms with Gasteiger partial charge in [0, 0.05) is 75.2 Å². The van der Waals surface area contributed by atoms with Crippen molar-refractivity contribution in [3.05, 3.63) is 112 Å². The number of pyridine rings is 2. The minimum absolute atomic E-state index is 0.0294. The lowest BCUT2D eigenvalue weighted by atomic mass is 10.0. The Hall–Kier alpha value is -8.76. The van der Waals surface area contributed by atoms with Gasteiger partial charge in [0.25, 0.3) is 11.8 Å². The summed E-state index contributed by atoms with van der Waals surface area (Å²) in [6.45, 7) is 14.0. The number of likely N-dealkylation sites (tertiary alicyclic amines) is 1. The molecule has 430 valence electrons. The lowest BCUT2D eigenvalue weighted by Crippen LogP contribution is -2.55. The first-order valence-corrected chi connectivity index (χ1v) is 27.8. The number of aromatic nitrogens is 6. The Morgan fingerprint density at radius 2 is 1.67 bits per heavy atom. The molecule has 3 N–H and O–H groups in total. The van der Waals surface area contributed by atoms with Gasteiger partial charge in [0.1, 0.15) is 47.2 Å². The normalized spacial score (nSPS) is 17.8. The van der Waals surface area contributed by atoms with Crippen molar-refractivity contribution in [2.75, 3.05) is 73.5 Å². The number of phenolic OH excluding ortho intramolecular Hbond substituents is 1. The number of halogens is 2. The molecule has 0 bridgehead atoms. The molecule has 3 aliphatic heterocycles. The first-order valence-electron chi connectivity index (χ1n) is 27.8. The molecule has 21 nitrogen and oxygen atoms in total. The molecular formula is C59H67F2N13O8. The molecule has 3 fully saturated rings. The number of anilines is 5. The number of methoxy groups -OCH3 is 1. The molecule has 4 aromatic heterocycles. The van der Waals surface area contributed by atoms with Crippen LogP contribution in [0.1, 0.15) is 100 Å². The van der Waals surface area contributed by atoms with Gasteiger partial charge in [-0.25, -0.2) is 32.9 Å². The molecule has 2 atom stereocenters. The molecule has 82 heavy (non-hydrogen) atoms. The van der Waals surface area contributed by atoms with Crippen LogP contribution in [0.2, 0.25) is 0 Å². The summed E-state index contributed by atoms with van der Waals surface area (Å²) in [6, 6.07) is 10.6. The quantitative estimate of drug-likeness (QED) is 0.0879. The number of rotatable bonds is 14. The maximum absolute atomic E-state index is 16.3. The molecule has 0 radical (unpaired) electrons. The van der Waals surface area contributed by atoms with Crippen LogP contribution in [0.15, 0.2) is 77.9 Å². The van der Waals surface area contributed by atoms with Crippen LogP contribution in [0.25, 0.3) is 28.0 Å². The second-order valence-electron chi connectivity index (χ2n) is 21.7. The number of likely N-dealkylation sites (N-methyl/N-ethyl adjacent to an activating group) is 1. The van der Waals surface area contributed by atoms with Crippen LogP contribution in [0.4, 0.5) is 42.5 Å². The zero-order chi connectivity index (χ0) is 58.3. The Kier molecular flexibility index (Phi) is 16.1. The van der Waals surface area contributed by atoms with E-state index in [2.05, 4.69) is 42.0 Å². The third kappa shape index (κ3) is 10.8. The molecule has 10 rings (SSSR count). The van der Waals surface area contributed by atoms with E-state index < -0.39 is 52.4 Å². The fourth-order valence-corrected chi connectivity index (χ4v) is 11.7. The number of ether oxygens (including phenoxy) is 2. The lowest BCUT2D eigenvalue weighted by molar-refractivity contribution is -0.128. The molecule has 2 aromatic carbocycles. The van der Waals surface area contributed by atoms with E-state index in [-0.39, 0.29) is 97.6 Å². The number of fused-ring (bicyclic) bond motifs is 2. The van der Waals surface area contributed by atoms with E-state index in [9.17, 15) is 29.1 Å². The zero-order valence-corrected chi connectivity index (χ0v) is 47.0. The number of benzene rings is 2. The number of carbonyl (C=O) groups excluding carboxylic acids is 4. The number of piperidine rings is 1. The Balaban J connectivity index is 0.745. The van der Waals surface area contributed by atoms with Crippen molar-refractivity contribution in [3.8, 4) is 28.4 Å². The predicted octanol–water partition coefficient (Wildman–Crippen LogP) is 7.93. The molecule has 7 heterocycles. The number of hydrogen-bond donors (Lipinski definition) is 3. The van der Waals surface area contributed by atoms with Crippen LogP contribution in [0, 0.1) is 18.6 Å². The Morgan fingerprint density at radius 3 is 2.37 bits per heavy atom. The first-order chi connectivity index (χ1) is 39.4. The summed E-state index contributed by atoms with van der Waals surface area (Å²) < 4.78 is 44.1. The molecule has 2 saturated heterocycles. The maximum Gasteiger partial charge on any atom is 0.410 e. The van der Waals surface area contributed by atoms with Crippen LogP contribution >= 0.6 is 0 Å². The van der Waals surface area contributed by atoms with Crippen molar-refractivity contribution < 1.29 is 42.5 Å². The summed E-state index contributed by atoms with van der Waals surface area (Å²) in [6.07, 6.45) is 8.40. The highest BCUT2D eigenvalue weighted by Crippen LogP contribution is 2.41. The number of nitrogens with one attached hydrogen (secondary N) is 2. The number of phenols is 1. The van der Waals surface area contributed by atoms with E-state index in [4.69, 9.17) is 14.5 Å². The summed E-state index contributed by atoms with van der Waals surface area (Å²) in [4.78, 5) is 100. The van der Waals surface area contributed by atoms with Gasteiger partial charge >= 0.3 is 11.8 Å². The molecular weight excluding hydrogens is 1060 g/mol. The third-order valence-corrected chi connectivity index (χ3v) is 16.0. The first kappa shape index (κ1) is 56.5. The Labute approximate surface area is 473 Å². The SMILES string of the molecule is C=C(COC(=O)N1CCC(NC(=O)c2ccc(Nc3ncc4c(n3)N(C3CCCC3)[C@H](CC)C(=O)N4C)c(OC)c2)CC1)C(=O)N1CCN(c2nc(=O)n(-c3c(C)ccnc3C(C)C)c3nc(-c4c(O)cccc4F)c(F)cc23)[C@@H](C)C1. The van der Waals surface area contributed by atoms with Gasteiger partial charge in [0.05, 0.1) is 41.3 Å². The maximum atomic E-state index is 16.3. The predicted molar refractivity (Wildman–Crippen MR) is 305 cm³/mol. The molecule has 6 aromatic rings. The van der Waals surface area contributed by atoms with Gasteiger partial charge in [0.15, 0.2) is 17.3 Å². The summed E-state index contributed by atoms with van der Waals surface area (Å²) in [7, 11) is 3.27. The van der Waals surface area contributed by atoms with E-state index in [0.717, 1.165) is 37.8 Å². The summed E-state index contributed by atoms with van der Waals surface area (Å²) in [5, 5.41) is 17.2. The molecule has 23 heteroatoms. The van der Waals surface area contributed by atoms with E-state index in [1.165, 1.54) is 28.7 Å². The van der Waals surface area contributed by atoms with Crippen molar-refractivity contribution in [1.29, 1.82) is 0 Å². The summed E-state index contributed by atoms with van der Waals surface area (Å²) in [5.74, 6) is -1.77. The Morgan fingerprint density at radius 1 is 0.915 bits per heavy atom. The van der Waals surface area contributed by atoms with Gasteiger partial charge in [-0.1, -0.05) is 46.3 Å². The number of carbonyl (C=O) groups is 4. The molecule has 1 aliphatic carbocycles. The highest BCUT2D eigenvalue weighted by Gasteiger charge is 2.42. The molecule has 0 unspecified atom stereocenters. The van der Waals surface area contributed by atoms with Crippen LogP contribution in [-0.4, -0.2) is 146 Å². The van der Waals surface area contributed by atoms with Gasteiger partial charge in [0.2, 0.25) is 11.9 Å². The topological polar surface area (TPSA) is 234 Å². The standard InChI is InChI=1S/C59H67F2N13O8/c1-9-43-56(78)69(7)44-29-63-57(67-53(44)73(43)38-13-10-11-14-38)65-42-18-17-36(27-46(42)81-8)54(76)64-37-20-23-70(24-21-37)59(80)82-31-34(5)55(77)71-25-26-72(35(6)30-71)51-39-28-41(61)49(47-40(60)15-12-16-45(47)75)66-52(39)74(58(79)68-51)50-33(4)19-22-62-48(50)32(2)3/h12,15-19,22,27-29,32,35,37-38,43,75H,5,9-11,13-14,20-21,23-26,30-31H2,1-4,6-8H3,(H,64,76)(H,63,65,67)/t35-,43+/m0/s1. The zero-order valence-electron chi connectivity index (χ0n) is 47.0. The van der Waals surface area contributed by atoms with Crippen molar-refractivity contribution in [3.63, 3.8) is 0 Å². The molecule has 4 aliphatic rings. The van der Waals surface area contributed by atoms with Gasteiger partial charge in [-0.15, -0.1) is 0 Å². The van der Waals surface area contributed by atoms with E-state index >= 15 is 8.78 Å². The second-order valence-corrected chi connectivity index (χ2v) is 21.7. The number of piperazine rings is 1. The number of aryl methyl sites for hydroxylation is 1. The monoisotopic (exact) mass is 1120 g/mol. The minimum Gasteiger partial charge on any atom is -0.507 e. The van der Waals surface area contributed by atoms with Crippen molar-refractivity contribution in [2.45, 2.75) is 110 Å². The van der Waals surface area contributed by atoms with Gasteiger partial charge in [-0.05, 0) is 99.9 Å². The van der Waals surface area contributed by atoms with E-state index in [0.29, 0.717) is 70.7 Å². The summed E-state index contributed by atoms with van der Waals surface area (Å²) >= 11 is 0. The number of nitrogens with zero attached hydrogens (tertiary/aromatic N) is 11. The van der Waals surface area contributed by atoms with E-state index in [1.54, 1.807) is 65.3 Å². The van der Waals surface area contributed by atoms with Crippen LogP contribution < -0.4 is 35.8 Å². The van der Waals surface area contributed by atoms with Crippen LogP contribution in [0.3, 0.4) is 0 Å². The van der Waals surface area contributed by atoms with E-state index in [1.807, 2.05) is 27.7 Å². The highest BCUT2D eigenvalue weighted by atomic mass is 19.1. The Bertz CT molecular complexity index is 3550. The van der Waals surface area contributed by atoms with Gasteiger partial charge in [-0.3, -0.25) is 19.4 Å². The lowest BCUT2D eigenvalue weighted by Gasteiger charge is -2.43. The van der Waals surface area contributed by atoms with Crippen LogP contribution in [0.5, 0.6) is 11.5 Å². The van der Waals surface area contributed by atoms with Gasteiger partial charge in [-0.2, -0.15) is 9.97 Å². The largest absolute Gasteiger partial charge is 0.507 e. The minimum atomic E-state index is -0.963. The van der Waals surface area contributed by atoms with Gasteiger partial charge < -0.3 is 49.7 Å². The molecule has 1 saturated carbocycles. The van der Waals surface area contributed by atoms with Crippen molar-refractivity contribution in [1.82, 2.24) is 44.6 Å². The fourth-order valence-electron chi connectivity index (χ4n) is 11.7. The smallest absolute Gasteiger partial charge is 0.410 e.